The van der Waals surface area contributed by atoms with E-state index in [1.54, 1.807) is 0 Å². The molecule has 0 N–H and O–H groups in total. The highest BCUT2D eigenvalue weighted by molar-refractivity contribution is 6.12. The summed E-state index contributed by atoms with van der Waals surface area (Å²) in [7, 11) is 0. The second-order valence-corrected chi connectivity index (χ2v) is 12.8. The molecule has 238 valence electrons. The molecule has 51 heavy (non-hydrogen) atoms. The lowest BCUT2D eigenvalue weighted by atomic mass is 10.1. The monoisotopic (exact) mass is 654 g/mol. The molecule has 7 aromatic carbocycles. The van der Waals surface area contributed by atoms with Crippen molar-refractivity contribution in [2.75, 3.05) is 0 Å². The molecule has 0 saturated heterocycles. The molecule has 4 heterocycles. The minimum atomic E-state index is 0.527. The lowest BCUT2D eigenvalue weighted by Gasteiger charge is -2.09. The van der Waals surface area contributed by atoms with Gasteiger partial charge in [-0.3, -0.25) is 0 Å². The second kappa shape index (κ2) is 10.7. The molecule has 0 amide bonds. The summed E-state index contributed by atoms with van der Waals surface area (Å²) in [5, 5.41) is 6.54. The molecule has 0 aliphatic carbocycles. The zero-order chi connectivity index (χ0) is 33.5. The van der Waals surface area contributed by atoms with Crippen LogP contribution in [-0.4, -0.2) is 19.5 Å². The molecule has 0 atom stereocenters. The number of furan rings is 2. The molecule has 0 bridgehead atoms. The molecule has 0 aliphatic heterocycles. The van der Waals surface area contributed by atoms with E-state index in [1.165, 1.54) is 10.8 Å². The highest BCUT2D eigenvalue weighted by Gasteiger charge is 2.21. The number of fused-ring (bicyclic) bond motifs is 9. The average Bonchev–Trinajstić information content (AvgIpc) is 3.87. The van der Waals surface area contributed by atoms with Crippen LogP contribution in [0.5, 0.6) is 0 Å². The van der Waals surface area contributed by atoms with E-state index in [4.69, 9.17) is 23.8 Å². The Morgan fingerprint density at radius 2 is 0.882 bits per heavy atom. The van der Waals surface area contributed by atoms with Gasteiger partial charge in [-0.2, -0.15) is 0 Å². The fourth-order valence-electron chi connectivity index (χ4n) is 7.56. The van der Waals surface area contributed by atoms with E-state index in [-0.39, 0.29) is 0 Å². The Morgan fingerprint density at radius 1 is 0.373 bits per heavy atom. The first-order valence-corrected chi connectivity index (χ1v) is 16.9. The number of nitrogens with zero attached hydrogens (tertiary/aromatic N) is 4. The summed E-state index contributed by atoms with van der Waals surface area (Å²) >= 11 is 0. The normalized spacial score (nSPS) is 11.9. The largest absolute Gasteiger partial charge is 0.455 e. The van der Waals surface area contributed by atoms with Gasteiger partial charge in [-0.05, 0) is 42.5 Å². The van der Waals surface area contributed by atoms with Gasteiger partial charge in [-0.1, -0.05) is 109 Å². The van der Waals surface area contributed by atoms with Crippen molar-refractivity contribution < 1.29 is 8.83 Å². The maximum Gasteiger partial charge on any atom is 0.167 e. The van der Waals surface area contributed by atoms with Gasteiger partial charge in [0.1, 0.15) is 22.3 Å². The van der Waals surface area contributed by atoms with Crippen molar-refractivity contribution in [2.24, 2.45) is 0 Å². The Bertz CT molecular complexity index is 3100. The van der Waals surface area contributed by atoms with Crippen molar-refractivity contribution in [1.29, 1.82) is 0 Å². The second-order valence-electron chi connectivity index (χ2n) is 12.8. The van der Waals surface area contributed by atoms with Crippen LogP contribution < -0.4 is 0 Å². The van der Waals surface area contributed by atoms with Crippen LogP contribution in [0.4, 0.5) is 0 Å². The number of hydrogen-bond acceptors (Lipinski definition) is 5. The molecule has 4 aromatic heterocycles. The number of hydrogen-bond donors (Lipinski definition) is 0. The van der Waals surface area contributed by atoms with Gasteiger partial charge < -0.3 is 13.4 Å². The Hall–Kier alpha value is -7.05. The molecule has 11 rings (SSSR count). The number of rotatable bonds is 4. The summed E-state index contributed by atoms with van der Waals surface area (Å²) in [4.78, 5) is 15.2. The molecular weight excluding hydrogens is 629 g/mol. The predicted octanol–water partition coefficient (Wildman–Crippen LogP) is 11.8. The maximum atomic E-state index is 6.77. The molecule has 6 nitrogen and oxygen atoms in total. The highest BCUT2D eigenvalue weighted by atomic mass is 16.3. The van der Waals surface area contributed by atoms with Crippen LogP contribution in [0.3, 0.4) is 0 Å². The van der Waals surface area contributed by atoms with Crippen molar-refractivity contribution >= 4 is 65.7 Å². The molecule has 0 spiro atoms. The van der Waals surface area contributed by atoms with Gasteiger partial charge in [0.2, 0.25) is 0 Å². The van der Waals surface area contributed by atoms with Gasteiger partial charge in [0.05, 0.1) is 22.2 Å². The standard InChI is InChI=1S/C45H26N4O2/c1-2-12-27(13-3-1)43-46-44(35-19-10-17-33-31-16-6-9-23-39(31)50-41(33)35)48-45(47-43)36-20-11-18-34-32-25-24-28(26-40(32)51-42(34)36)49-37-21-7-4-14-29(37)30-15-5-8-22-38(30)49/h1-26H. The highest BCUT2D eigenvalue weighted by Crippen LogP contribution is 2.40. The lowest BCUT2D eigenvalue weighted by molar-refractivity contribution is 0.669. The average molecular weight is 655 g/mol. The van der Waals surface area contributed by atoms with Gasteiger partial charge in [-0.15, -0.1) is 0 Å². The molecule has 6 heteroatoms. The SMILES string of the molecule is c1ccc(-c2nc(-c3cccc4c3oc3ccccc34)nc(-c3cccc4c3oc3cc(-n5c6ccccc6c6ccccc65)ccc34)n2)cc1. The topological polar surface area (TPSA) is 69.9 Å². The van der Waals surface area contributed by atoms with Crippen LogP contribution in [0.2, 0.25) is 0 Å². The quantitative estimate of drug-likeness (QED) is 0.189. The predicted molar refractivity (Wildman–Crippen MR) is 205 cm³/mol. The first-order chi connectivity index (χ1) is 25.3. The van der Waals surface area contributed by atoms with Crippen LogP contribution in [0, 0.1) is 0 Å². The first kappa shape index (κ1) is 27.9. The Balaban J connectivity index is 1.13. The molecule has 0 saturated carbocycles. The molecular formula is C45H26N4O2. The van der Waals surface area contributed by atoms with E-state index in [1.807, 2.05) is 72.8 Å². The van der Waals surface area contributed by atoms with Crippen LogP contribution in [0.1, 0.15) is 0 Å². The third kappa shape index (κ3) is 4.20. The van der Waals surface area contributed by atoms with Crippen molar-refractivity contribution in [3.63, 3.8) is 0 Å². The summed E-state index contributed by atoms with van der Waals surface area (Å²) in [6.45, 7) is 0. The van der Waals surface area contributed by atoms with Crippen molar-refractivity contribution in [3.8, 4) is 39.9 Å². The molecule has 0 fully saturated rings. The number of para-hydroxylation sites is 5. The van der Waals surface area contributed by atoms with E-state index >= 15 is 0 Å². The summed E-state index contributed by atoms with van der Waals surface area (Å²) in [5.41, 5.74) is 8.92. The van der Waals surface area contributed by atoms with E-state index in [2.05, 4.69) is 89.5 Å². The van der Waals surface area contributed by atoms with E-state index in [0.29, 0.717) is 17.5 Å². The molecule has 0 aliphatic rings. The molecule has 0 radical (unpaired) electrons. The summed E-state index contributed by atoms with van der Waals surface area (Å²) in [5.74, 6) is 1.63. The molecule has 11 aromatic rings. The van der Waals surface area contributed by atoms with E-state index in [9.17, 15) is 0 Å². The summed E-state index contributed by atoms with van der Waals surface area (Å²) < 4.78 is 15.5. The van der Waals surface area contributed by atoms with Crippen molar-refractivity contribution in [2.45, 2.75) is 0 Å². The fraction of sp³-hybridized carbons (Fsp3) is 0. The third-order valence-electron chi connectivity index (χ3n) is 9.87. The van der Waals surface area contributed by atoms with Gasteiger partial charge in [0.25, 0.3) is 0 Å². The first-order valence-electron chi connectivity index (χ1n) is 16.9. The smallest absolute Gasteiger partial charge is 0.167 e. The van der Waals surface area contributed by atoms with Gasteiger partial charge in [0, 0.05) is 49.6 Å². The zero-order valence-corrected chi connectivity index (χ0v) is 27.1. The van der Waals surface area contributed by atoms with Crippen molar-refractivity contribution in [1.82, 2.24) is 19.5 Å². The van der Waals surface area contributed by atoms with Crippen LogP contribution in [0.25, 0.3) is 106 Å². The number of benzene rings is 7. The van der Waals surface area contributed by atoms with Crippen LogP contribution >= 0.6 is 0 Å². The Morgan fingerprint density at radius 3 is 1.55 bits per heavy atom. The third-order valence-corrected chi connectivity index (χ3v) is 9.87. The summed E-state index contributed by atoms with van der Waals surface area (Å²) in [6, 6.07) is 53.9. The summed E-state index contributed by atoms with van der Waals surface area (Å²) in [6.07, 6.45) is 0. The van der Waals surface area contributed by atoms with E-state index in [0.717, 1.165) is 77.3 Å². The Kier molecular flexibility index (Phi) is 5.86. The lowest BCUT2D eigenvalue weighted by Crippen LogP contribution is -2.00. The van der Waals surface area contributed by atoms with Crippen molar-refractivity contribution in [3.05, 3.63) is 158 Å². The van der Waals surface area contributed by atoms with Crippen LogP contribution in [0.15, 0.2) is 167 Å². The molecule has 0 unspecified atom stereocenters. The van der Waals surface area contributed by atoms with E-state index < -0.39 is 0 Å². The fourth-order valence-corrected chi connectivity index (χ4v) is 7.56. The van der Waals surface area contributed by atoms with Gasteiger partial charge in [-0.25, -0.2) is 15.0 Å². The van der Waals surface area contributed by atoms with Crippen LogP contribution in [-0.2, 0) is 0 Å². The van der Waals surface area contributed by atoms with Gasteiger partial charge >= 0.3 is 0 Å². The number of aromatic nitrogens is 4. The zero-order valence-electron chi connectivity index (χ0n) is 27.1. The Labute approximate surface area is 290 Å². The maximum absolute atomic E-state index is 6.77. The minimum absolute atomic E-state index is 0.527. The van der Waals surface area contributed by atoms with Gasteiger partial charge in [0.15, 0.2) is 17.5 Å². The minimum Gasteiger partial charge on any atom is -0.455 e.